The van der Waals surface area contributed by atoms with Crippen LogP contribution >= 0.6 is 11.6 Å². The van der Waals surface area contributed by atoms with Crippen LogP contribution in [0.5, 0.6) is 5.75 Å². The second-order valence-electron chi connectivity index (χ2n) is 5.92. The average molecular weight is 364 g/mol. The number of carbonyl (C=O) groups is 3. The Labute approximate surface area is 150 Å². The lowest BCUT2D eigenvalue weighted by Gasteiger charge is -2.14. The Morgan fingerprint density at radius 2 is 1.72 bits per heavy atom. The molecule has 1 fully saturated rings. The summed E-state index contributed by atoms with van der Waals surface area (Å²) in [5.41, 5.74) is 0. The van der Waals surface area contributed by atoms with Gasteiger partial charge in [0.15, 0.2) is 0 Å². The second-order valence-corrected chi connectivity index (χ2v) is 6.32. The first-order chi connectivity index (χ1) is 12.1. The van der Waals surface area contributed by atoms with Crippen molar-refractivity contribution in [3.63, 3.8) is 0 Å². The third-order valence-electron chi connectivity index (χ3n) is 4.33. The number of benzene rings is 1. The van der Waals surface area contributed by atoms with Gasteiger partial charge in [0.1, 0.15) is 25.5 Å². The van der Waals surface area contributed by atoms with Gasteiger partial charge in [0.2, 0.25) is 11.8 Å². The number of fused-ring (bicyclic) bond motifs is 1. The molecule has 2 unspecified atom stereocenters. The molecule has 1 aromatic carbocycles. The fourth-order valence-electron chi connectivity index (χ4n) is 3.07. The normalized spacial score (nSPS) is 22.0. The highest BCUT2D eigenvalue weighted by Gasteiger charge is 2.47. The molecule has 2 atom stereocenters. The molecule has 1 aliphatic heterocycles. The van der Waals surface area contributed by atoms with E-state index in [2.05, 4.69) is 0 Å². The minimum absolute atomic E-state index is 0.00862. The Balaban J connectivity index is 1.44. The SMILES string of the molecule is O=C(CN1C(=O)C2CC=CCC2C1=O)OCCOc1ccccc1Cl. The molecule has 0 aromatic heterocycles. The van der Waals surface area contributed by atoms with Gasteiger partial charge in [-0.2, -0.15) is 0 Å². The van der Waals surface area contributed by atoms with Crippen LogP contribution in [-0.2, 0) is 19.1 Å². The number of allylic oxidation sites excluding steroid dienone is 2. The first kappa shape index (κ1) is 17.5. The van der Waals surface area contributed by atoms with Crippen LogP contribution < -0.4 is 4.74 Å². The number of esters is 1. The van der Waals surface area contributed by atoms with Crippen molar-refractivity contribution in [2.24, 2.45) is 11.8 Å². The number of imide groups is 1. The number of hydrogen-bond donors (Lipinski definition) is 0. The third-order valence-corrected chi connectivity index (χ3v) is 4.64. The molecule has 6 nitrogen and oxygen atoms in total. The van der Waals surface area contributed by atoms with Crippen molar-refractivity contribution in [1.82, 2.24) is 4.90 Å². The molecular formula is C18H18ClNO5. The second kappa shape index (κ2) is 7.70. The van der Waals surface area contributed by atoms with E-state index in [0.29, 0.717) is 23.6 Å². The molecule has 0 saturated carbocycles. The quantitative estimate of drug-likeness (QED) is 0.335. The van der Waals surface area contributed by atoms with Gasteiger partial charge in [-0.05, 0) is 25.0 Å². The van der Waals surface area contributed by atoms with Gasteiger partial charge in [0, 0.05) is 0 Å². The summed E-state index contributed by atoms with van der Waals surface area (Å²) < 4.78 is 10.5. The lowest BCUT2D eigenvalue weighted by molar-refractivity contribution is -0.153. The molecular weight excluding hydrogens is 346 g/mol. The standard InChI is InChI=1S/C18H18ClNO5/c19-14-7-3-4-8-15(14)24-9-10-25-16(21)11-20-17(22)12-5-1-2-6-13(12)18(20)23/h1-4,7-8,12-13H,5-6,9-11H2. The van der Waals surface area contributed by atoms with Gasteiger partial charge in [-0.25, -0.2) is 0 Å². The summed E-state index contributed by atoms with van der Waals surface area (Å²) in [6.45, 7) is -0.210. The number of amides is 2. The largest absolute Gasteiger partial charge is 0.488 e. The van der Waals surface area contributed by atoms with Crippen molar-refractivity contribution in [3.8, 4) is 5.75 Å². The van der Waals surface area contributed by atoms with Crippen molar-refractivity contribution >= 4 is 29.4 Å². The number of hydrogen-bond acceptors (Lipinski definition) is 5. The predicted octanol–water partition coefficient (Wildman–Crippen LogP) is 2.21. The zero-order chi connectivity index (χ0) is 17.8. The van der Waals surface area contributed by atoms with Crippen molar-refractivity contribution in [1.29, 1.82) is 0 Å². The molecule has 0 N–H and O–H groups in total. The lowest BCUT2D eigenvalue weighted by atomic mass is 9.85. The maximum atomic E-state index is 12.3. The first-order valence-electron chi connectivity index (χ1n) is 8.11. The van der Waals surface area contributed by atoms with Gasteiger partial charge >= 0.3 is 5.97 Å². The van der Waals surface area contributed by atoms with Gasteiger partial charge in [0.25, 0.3) is 0 Å². The topological polar surface area (TPSA) is 72.9 Å². The fourth-order valence-corrected chi connectivity index (χ4v) is 3.26. The molecule has 25 heavy (non-hydrogen) atoms. The summed E-state index contributed by atoms with van der Waals surface area (Å²) in [6, 6.07) is 6.97. The number of rotatable bonds is 6. The summed E-state index contributed by atoms with van der Waals surface area (Å²) in [6.07, 6.45) is 4.90. The van der Waals surface area contributed by atoms with Crippen molar-refractivity contribution < 1.29 is 23.9 Å². The molecule has 0 bridgehead atoms. The highest BCUT2D eigenvalue weighted by atomic mass is 35.5. The maximum absolute atomic E-state index is 12.3. The van der Waals surface area contributed by atoms with Crippen molar-refractivity contribution in [3.05, 3.63) is 41.4 Å². The monoisotopic (exact) mass is 363 g/mol. The van der Waals surface area contributed by atoms with E-state index in [9.17, 15) is 14.4 Å². The molecule has 0 radical (unpaired) electrons. The summed E-state index contributed by atoms with van der Waals surface area (Å²) in [7, 11) is 0. The van der Waals surface area contributed by atoms with E-state index in [4.69, 9.17) is 21.1 Å². The number of nitrogens with zero attached hydrogens (tertiary/aromatic N) is 1. The van der Waals surface area contributed by atoms with Gasteiger partial charge in [-0.1, -0.05) is 35.9 Å². The van der Waals surface area contributed by atoms with Crippen LogP contribution in [0.1, 0.15) is 12.8 Å². The zero-order valence-electron chi connectivity index (χ0n) is 13.5. The maximum Gasteiger partial charge on any atom is 0.326 e. The smallest absolute Gasteiger partial charge is 0.326 e. The zero-order valence-corrected chi connectivity index (χ0v) is 14.3. The minimum atomic E-state index is -0.629. The van der Waals surface area contributed by atoms with Gasteiger partial charge in [0.05, 0.1) is 16.9 Å². The predicted molar refractivity (Wildman–Crippen MR) is 90.0 cm³/mol. The molecule has 132 valence electrons. The van der Waals surface area contributed by atoms with Gasteiger partial charge < -0.3 is 9.47 Å². The van der Waals surface area contributed by atoms with Crippen molar-refractivity contribution in [2.75, 3.05) is 19.8 Å². The van der Waals surface area contributed by atoms with Crippen LogP contribution in [0, 0.1) is 11.8 Å². The third kappa shape index (κ3) is 3.85. The van der Waals surface area contributed by atoms with Crippen LogP contribution in [0.3, 0.4) is 0 Å². The highest BCUT2D eigenvalue weighted by molar-refractivity contribution is 6.32. The van der Waals surface area contributed by atoms with Gasteiger partial charge in [-0.15, -0.1) is 0 Å². The van der Waals surface area contributed by atoms with Crippen molar-refractivity contribution in [2.45, 2.75) is 12.8 Å². The minimum Gasteiger partial charge on any atom is -0.488 e. The molecule has 7 heteroatoms. The summed E-state index contributed by atoms with van der Waals surface area (Å²) in [5, 5.41) is 0.471. The van der Waals surface area contributed by atoms with Crippen LogP contribution in [0.15, 0.2) is 36.4 Å². The van der Waals surface area contributed by atoms with E-state index in [0.717, 1.165) is 4.90 Å². The van der Waals surface area contributed by atoms with Crippen LogP contribution in [0.4, 0.5) is 0 Å². The first-order valence-corrected chi connectivity index (χ1v) is 8.49. The van der Waals surface area contributed by atoms with E-state index in [1.165, 1.54) is 0 Å². The number of carbonyl (C=O) groups excluding carboxylic acids is 3. The van der Waals surface area contributed by atoms with Crippen LogP contribution in [0.2, 0.25) is 5.02 Å². The molecule has 1 aromatic rings. The Bertz CT molecular complexity index is 691. The van der Waals surface area contributed by atoms with E-state index < -0.39 is 5.97 Å². The van der Waals surface area contributed by atoms with Crippen LogP contribution in [-0.4, -0.2) is 42.4 Å². The molecule has 0 spiro atoms. The highest BCUT2D eigenvalue weighted by Crippen LogP contribution is 2.34. The average Bonchev–Trinajstić information content (AvgIpc) is 2.85. The molecule has 2 amide bonds. The Kier molecular flexibility index (Phi) is 5.38. The number of likely N-dealkylation sites (tertiary alicyclic amines) is 1. The van der Waals surface area contributed by atoms with Gasteiger partial charge in [-0.3, -0.25) is 19.3 Å². The Morgan fingerprint density at radius 3 is 2.36 bits per heavy atom. The molecule has 1 aliphatic carbocycles. The lowest BCUT2D eigenvalue weighted by Crippen LogP contribution is -2.37. The summed E-state index contributed by atoms with van der Waals surface area (Å²) in [4.78, 5) is 37.4. The molecule has 3 rings (SSSR count). The number of ether oxygens (including phenoxy) is 2. The summed E-state index contributed by atoms with van der Waals surface area (Å²) in [5.74, 6) is -1.38. The molecule has 1 heterocycles. The Morgan fingerprint density at radius 1 is 1.08 bits per heavy atom. The molecule has 2 aliphatic rings. The number of halogens is 1. The summed E-state index contributed by atoms with van der Waals surface area (Å²) >= 11 is 5.95. The van der Waals surface area contributed by atoms with E-state index in [1.54, 1.807) is 24.3 Å². The van der Waals surface area contributed by atoms with E-state index in [1.807, 2.05) is 12.2 Å². The van der Waals surface area contributed by atoms with Crippen LogP contribution in [0.25, 0.3) is 0 Å². The van der Waals surface area contributed by atoms with E-state index >= 15 is 0 Å². The Hall–Kier alpha value is -2.34. The van der Waals surface area contributed by atoms with E-state index in [-0.39, 0.29) is 43.4 Å². The fraction of sp³-hybridized carbons (Fsp3) is 0.389. The number of para-hydroxylation sites is 1. The molecule has 1 saturated heterocycles.